The number of alkyl halides is 3. The number of esters is 1. The Balaban J connectivity index is 0.00000420. The minimum Gasteiger partial charge on any atom is -0.469 e. The molecule has 0 spiro atoms. The number of carbonyl (C=O) groups excluding carboxylic acids is 1. The van der Waals surface area contributed by atoms with Crippen LogP contribution < -0.4 is 5.32 Å². The molecule has 2 atom stereocenters. The van der Waals surface area contributed by atoms with Crippen molar-refractivity contribution in [1.82, 2.24) is 15.1 Å². The lowest BCUT2D eigenvalue weighted by molar-refractivity contribution is -0.148. The summed E-state index contributed by atoms with van der Waals surface area (Å²) in [5, 5.41) is 3.28. The van der Waals surface area contributed by atoms with Crippen LogP contribution in [-0.4, -0.2) is 80.8 Å². The van der Waals surface area contributed by atoms with Gasteiger partial charge in [0.15, 0.2) is 5.96 Å². The summed E-state index contributed by atoms with van der Waals surface area (Å²) < 4.78 is 42.3. The number of nitrogens with one attached hydrogen (secondary N) is 1. The molecule has 0 aromatic rings. The minimum absolute atomic E-state index is 0. The number of hydrogen-bond donors (Lipinski definition) is 1. The van der Waals surface area contributed by atoms with E-state index in [0.717, 1.165) is 38.3 Å². The van der Waals surface area contributed by atoms with Crippen LogP contribution in [0.25, 0.3) is 0 Å². The molecule has 0 aliphatic carbocycles. The van der Waals surface area contributed by atoms with Gasteiger partial charge in [-0.15, -0.1) is 24.0 Å². The van der Waals surface area contributed by atoms with Crippen molar-refractivity contribution in [3.05, 3.63) is 0 Å². The average molecular weight is 534 g/mol. The molecular formula is C19H34F3IN4O2. The van der Waals surface area contributed by atoms with Crippen LogP contribution in [0.1, 0.15) is 33.1 Å². The van der Waals surface area contributed by atoms with Crippen molar-refractivity contribution in [3.63, 3.8) is 0 Å². The number of guanidine groups is 1. The fraction of sp³-hybridized carbons (Fsp3) is 0.895. The molecule has 0 saturated carbocycles. The van der Waals surface area contributed by atoms with Gasteiger partial charge in [-0.25, -0.2) is 0 Å². The molecule has 2 heterocycles. The maximum absolute atomic E-state index is 12.5. The first-order valence-corrected chi connectivity index (χ1v) is 10.1. The van der Waals surface area contributed by atoms with E-state index < -0.39 is 12.7 Å². The second-order valence-electron chi connectivity index (χ2n) is 7.87. The summed E-state index contributed by atoms with van der Waals surface area (Å²) in [6.45, 7) is 6.95. The number of hydrogen-bond acceptors (Lipinski definition) is 4. The molecule has 0 aromatic heterocycles. The van der Waals surface area contributed by atoms with E-state index in [4.69, 9.17) is 9.73 Å². The van der Waals surface area contributed by atoms with Crippen molar-refractivity contribution in [1.29, 1.82) is 0 Å². The molecule has 2 unspecified atom stereocenters. The second kappa shape index (κ2) is 12.2. The van der Waals surface area contributed by atoms with E-state index in [1.165, 1.54) is 12.0 Å². The molecule has 1 N–H and O–H groups in total. The number of piperidine rings is 1. The van der Waals surface area contributed by atoms with Crippen molar-refractivity contribution in [2.75, 3.05) is 52.9 Å². The van der Waals surface area contributed by atoms with Crippen molar-refractivity contribution >= 4 is 35.9 Å². The van der Waals surface area contributed by atoms with Gasteiger partial charge < -0.3 is 15.0 Å². The van der Waals surface area contributed by atoms with Gasteiger partial charge in [-0.2, -0.15) is 13.2 Å². The number of ether oxygens (including phenoxy) is 1. The largest absolute Gasteiger partial charge is 0.469 e. The van der Waals surface area contributed by atoms with Gasteiger partial charge in [0.25, 0.3) is 0 Å². The van der Waals surface area contributed by atoms with Gasteiger partial charge in [-0.3, -0.25) is 14.7 Å². The third-order valence-corrected chi connectivity index (χ3v) is 5.66. The van der Waals surface area contributed by atoms with E-state index in [1.54, 1.807) is 0 Å². The summed E-state index contributed by atoms with van der Waals surface area (Å²) in [6, 6.07) is 0. The van der Waals surface area contributed by atoms with Crippen LogP contribution >= 0.6 is 24.0 Å². The second-order valence-corrected chi connectivity index (χ2v) is 7.87. The van der Waals surface area contributed by atoms with Crippen molar-refractivity contribution in [2.24, 2.45) is 22.7 Å². The Morgan fingerprint density at radius 2 is 1.90 bits per heavy atom. The molecule has 2 fully saturated rings. The standard InChI is InChI=1S/C19H33F3N4O2.HI/c1-4-23-18(26-11-14(2)16(12-26)17(27)28-3)24-8-5-15-6-9-25(10-7-15)13-19(20,21)22;/h14-16H,4-13H2,1-3H3,(H,23,24);1H. The van der Waals surface area contributed by atoms with E-state index in [0.29, 0.717) is 32.1 Å². The summed E-state index contributed by atoms with van der Waals surface area (Å²) in [7, 11) is 1.41. The third kappa shape index (κ3) is 8.47. The molecule has 2 aliphatic rings. The lowest BCUT2D eigenvalue weighted by Gasteiger charge is -2.32. The zero-order valence-electron chi connectivity index (χ0n) is 17.5. The average Bonchev–Trinajstić information content (AvgIpc) is 3.02. The quantitative estimate of drug-likeness (QED) is 0.246. The lowest BCUT2D eigenvalue weighted by atomic mass is 9.93. The molecule has 0 radical (unpaired) electrons. The van der Waals surface area contributed by atoms with E-state index in [2.05, 4.69) is 10.2 Å². The van der Waals surface area contributed by atoms with Crippen molar-refractivity contribution in [3.8, 4) is 0 Å². The molecule has 29 heavy (non-hydrogen) atoms. The van der Waals surface area contributed by atoms with Crippen LogP contribution in [0.3, 0.4) is 0 Å². The first kappa shape index (κ1) is 26.3. The maximum Gasteiger partial charge on any atom is 0.401 e. The first-order chi connectivity index (χ1) is 13.2. The van der Waals surface area contributed by atoms with Crippen molar-refractivity contribution in [2.45, 2.75) is 39.3 Å². The lowest BCUT2D eigenvalue weighted by Crippen LogP contribution is -2.41. The predicted octanol–water partition coefficient (Wildman–Crippen LogP) is 2.98. The normalized spacial score (nSPS) is 24.3. The molecule has 10 heteroatoms. The highest BCUT2D eigenvalue weighted by Crippen LogP contribution is 2.26. The highest BCUT2D eigenvalue weighted by molar-refractivity contribution is 14.0. The Hall–Kier alpha value is -0.780. The molecule has 0 bridgehead atoms. The number of rotatable bonds is 6. The van der Waals surface area contributed by atoms with Gasteiger partial charge >= 0.3 is 12.1 Å². The highest BCUT2D eigenvalue weighted by atomic mass is 127. The molecule has 6 nitrogen and oxygen atoms in total. The van der Waals surface area contributed by atoms with Gasteiger partial charge in [0.2, 0.25) is 0 Å². The molecular weight excluding hydrogens is 500 g/mol. The SMILES string of the molecule is CCNC(=NCCC1CCN(CC(F)(F)F)CC1)N1CC(C)C(C(=O)OC)C1.I. The third-order valence-electron chi connectivity index (χ3n) is 5.66. The van der Waals surface area contributed by atoms with Gasteiger partial charge in [0.05, 0.1) is 19.6 Å². The van der Waals surface area contributed by atoms with E-state index in [1.807, 2.05) is 13.8 Å². The Morgan fingerprint density at radius 1 is 1.24 bits per heavy atom. The zero-order chi connectivity index (χ0) is 20.7. The summed E-state index contributed by atoms with van der Waals surface area (Å²) in [4.78, 5) is 20.2. The zero-order valence-corrected chi connectivity index (χ0v) is 19.8. The summed E-state index contributed by atoms with van der Waals surface area (Å²) in [5.41, 5.74) is 0. The molecule has 2 saturated heterocycles. The van der Waals surface area contributed by atoms with Crippen LogP contribution in [0.5, 0.6) is 0 Å². The van der Waals surface area contributed by atoms with E-state index in [-0.39, 0.29) is 41.8 Å². The van der Waals surface area contributed by atoms with Gasteiger partial charge in [0.1, 0.15) is 0 Å². The van der Waals surface area contributed by atoms with E-state index in [9.17, 15) is 18.0 Å². The number of nitrogens with zero attached hydrogens (tertiary/aromatic N) is 3. The number of carbonyl (C=O) groups is 1. The summed E-state index contributed by atoms with van der Waals surface area (Å²) in [6.07, 6.45) is -1.67. The minimum atomic E-state index is -4.12. The first-order valence-electron chi connectivity index (χ1n) is 10.1. The van der Waals surface area contributed by atoms with Gasteiger partial charge in [-0.05, 0) is 51.1 Å². The van der Waals surface area contributed by atoms with Gasteiger partial charge in [0, 0.05) is 26.2 Å². The molecule has 170 valence electrons. The maximum atomic E-state index is 12.5. The fourth-order valence-electron chi connectivity index (χ4n) is 4.06. The van der Waals surface area contributed by atoms with Crippen LogP contribution in [0.2, 0.25) is 0 Å². The molecule has 0 amide bonds. The monoisotopic (exact) mass is 534 g/mol. The Labute approximate surface area is 188 Å². The molecule has 2 rings (SSSR count). The predicted molar refractivity (Wildman–Crippen MR) is 117 cm³/mol. The Morgan fingerprint density at radius 3 is 2.45 bits per heavy atom. The summed E-state index contributed by atoms with van der Waals surface area (Å²) >= 11 is 0. The van der Waals surface area contributed by atoms with Gasteiger partial charge in [-0.1, -0.05) is 6.92 Å². The number of halogens is 4. The number of likely N-dealkylation sites (tertiary alicyclic amines) is 2. The molecule has 2 aliphatic heterocycles. The summed E-state index contributed by atoms with van der Waals surface area (Å²) in [5.74, 6) is 1.09. The number of methoxy groups -OCH3 is 1. The van der Waals surface area contributed by atoms with Crippen LogP contribution in [0, 0.1) is 17.8 Å². The van der Waals surface area contributed by atoms with Crippen LogP contribution in [-0.2, 0) is 9.53 Å². The Bertz CT molecular complexity index is 540. The van der Waals surface area contributed by atoms with Crippen LogP contribution in [0.4, 0.5) is 13.2 Å². The topological polar surface area (TPSA) is 57.2 Å². The van der Waals surface area contributed by atoms with Crippen molar-refractivity contribution < 1.29 is 22.7 Å². The number of aliphatic imine (C=N–C) groups is 1. The fourth-order valence-corrected chi connectivity index (χ4v) is 4.06. The highest BCUT2D eigenvalue weighted by Gasteiger charge is 2.37. The van der Waals surface area contributed by atoms with E-state index >= 15 is 0 Å². The Kier molecular flexibility index (Phi) is 11.0. The smallest absolute Gasteiger partial charge is 0.401 e. The van der Waals surface area contributed by atoms with Crippen LogP contribution in [0.15, 0.2) is 4.99 Å². The molecule has 0 aromatic carbocycles.